The van der Waals surface area contributed by atoms with Gasteiger partial charge in [-0.1, -0.05) is 235 Å². The number of allylic oxidation sites excluding steroid dienone is 12. The van der Waals surface area contributed by atoms with Gasteiger partial charge in [-0.3, -0.25) is 0 Å². The third-order valence-electron chi connectivity index (χ3n) is 24.7. The van der Waals surface area contributed by atoms with E-state index in [0.717, 1.165) is 23.0 Å². The molecule has 0 saturated heterocycles. The predicted octanol–water partition coefficient (Wildman–Crippen LogP) is 25.5. The van der Waals surface area contributed by atoms with Crippen molar-refractivity contribution in [3.05, 3.63) is 380 Å². The molecule has 4 atom stereocenters. The van der Waals surface area contributed by atoms with E-state index in [1.165, 1.54) is 196 Å². The van der Waals surface area contributed by atoms with E-state index < -0.39 is 38.4 Å². The molecular weight excluding hydrogens is 1560 g/mol. The van der Waals surface area contributed by atoms with Crippen LogP contribution in [0.5, 0.6) is 23.0 Å². The van der Waals surface area contributed by atoms with Gasteiger partial charge in [0.05, 0.1) is 28.4 Å². The Morgan fingerprint density at radius 1 is 0.261 bits per heavy atom. The van der Waals surface area contributed by atoms with Crippen LogP contribution in [-0.4, -0.2) is 46.0 Å². The summed E-state index contributed by atoms with van der Waals surface area (Å²) in [5.41, 5.74) is 22.1. The van der Waals surface area contributed by atoms with Crippen molar-refractivity contribution >= 4 is 166 Å². The minimum absolute atomic E-state index is 0.131. The summed E-state index contributed by atoms with van der Waals surface area (Å²) >= 11 is -0.826. The number of fused-ring (bicyclic) bond motifs is 16. The topological polar surface area (TPSA) is 36.9 Å². The second-order valence-electron chi connectivity index (χ2n) is 30.9. The Morgan fingerprint density at radius 2 is 0.470 bits per heavy atom. The van der Waals surface area contributed by atoms with E-state index >= 15 is 0 Å². The molecule has 564 valence electrons. The van der Waals surface area contributed by atoms with Crippen LogP contribution in [0.2, 0.25) is 13.1 Å². The van der Waals surface area contributed by atoms with Crippen LogP contribution in [0.15, 0.2) is 291 Å². The van der Waals surface area contributed by atoms with E-state index in [0.29, 0.717) is 0 Å². The molecule has 4 aliphatic carbocycles. The fourth-order valence-electron chi connectivity index (χ4n) is 19.7. The second kappa shape index (κ2) is 31.7. The summed E-state index contributed by atoms with van der Waals surface area (Å²) in [7, 11) is 14.4. The summed E-state index contributed by atoms with van der Waals surface area (Å²) in [6.45, 7) is 14.4. The summed E-state index contributed by atoms with van der Waals surface area (Å²) in [6.07, 6.45) is 37.1. The standard InChI is InChI=1S/2C53H43O2Si.2ClH.Zr/c2*1-32-26-48-42(50-28-34-22-24-36(54-3)30-46(34)38-14-6-8-16-40(38)50)18-10-12-20-44(48)52(32)56(5)53-33(2)27-49-43(19-11-13-21-45(49)53)51-29-35-23-25-37(55-4)31-47(35)39-15-7-9-17-41(39)51;;;/h2*6-31,42-43H,1-5H3;2*1H;/q2*-2;;;+2/p-2. The van der Waals surface area contributed by atoms with Crippen LogP contribution in [-0.2, 0) is 20.8 Å². The van der Waals surface area contributed by atoms with Crippen LogP contribution in [0.3, 0.4) is 0 Å². The number of hydrogen-bond acceptors (Lipinski definition) is 4. The molecule has 0 spiro atoms. The molecule has 9 heteroatoms. The number of hydrogen-bond donors (Lipinski definition) is 0. The van der Waals surface area contributed by atoms with Crippen molar-refractivity contribution in [3.8, 4) is 23.0 Å². The Kier molecular flexibility index (Phi) is 20.8. The number of ether oxygens (including phenoxy) is 4. The summed E-state index contributed by atoms with van der Waals surface area (Å²) in [6, 6.07) is 80.9. The van der Waals surface area contributed by atoms with E-state index in [2.05, 4.69) is 356 Å². The van der Waals surface area contributed by atoms with E-state index in [1.807, 2.05) is 0 Å². The minimum atomic E-state index is -1.19. The van der Waals surface area contributed by atoms with Gasteiger partial charge in [0.2, 0.25) is 0 Å². The zero-order valence-corrected chi connectivity index (χ0v) is 72.2. The molecule has 115 heavy (non-hydrogen) atoms. The molecule has 16 aromatic carbocycles. The van der Waals surface area contributed by atoms with E-state index in [-0.39, 0.29) is 23.7 Å². The maximum absolute atomic E-state index is 5.64. The monoisotopic (exact) mass is 1640 g/mol. The summed E-state index contributed by atoms with van der Waals surface area (Å²) in [5.74, 6) is 4.06. The molecule has 0 N–H and O–H groups in total. The average molecular weight is 1640 g/mol. The molecular formula is C106H86Cl2O4Si2Zr-4. The molecule has 0 saturated carbocycles. The first-order valence-electron chi connectivity index (χ1n) is 39.5. The quantitative estimate of drug-likeness (QED) is 0.0694. The molecule has 0 heterocycles. The normalized spacial score (nSPS) is 15.9. The number of halogens is 2. The van der Waals surface area contributed by atoms with Crippen molar-refractivity contribution < 1.29 is 39.8 Å². The van der Waals surface area contributed by atoms with Gasteiger partial charge in [-0.15, -0.1) is 91.6 Å². The molecule has 2 radical (unpaired) electrons. The molecule has 0 aromatic heterocycles. The first kappa shape index (κ1) is 75.5. The molecule has 4 nitrogen and oxygen atoms in total. The van der Waals surface area contributed by atoms with Gasteiger partial charge in [0.25, 0.3) is 0 Å². The number of rotatable bonds is 12. The third kappa shape index (κ3) is 13.3. The number of benzene rings is 12. The Balaban J connectivity index is 0.000000154. The number of aryl methyl sites for hydroxylation is 4. The molecule has 16 aromatic rings. The fourth-order valence-corrected chi connectivity index (χ4v) is 25.4. The van der Waals surface area contributed by atoms with Gasteiger partial charge in [-0.05, 0) is 181 Å². The summed E-state index contributed by atoms with van der Waals surface area (Å²) in [5, 5.41) is 26.1. The van der Waals surface area contributed by atoms with Gasteiger partial charge in [-0.25, -0.2) is 0 Å². The second-order valence-corrected chi connectivity index (χ2v) is 39.1. The number of methoxy groups -OCH3 is 4. The Labute approximate surface area is 695 Å². The third-order valence-corrected chi connectivity index (χ3v) is 30.3. The van der Waals surface area contributed by atoms with Crippen molar-refractivity contribution in [3.63, 3.8) is 0 Å². The molecule has 0 bridgehead atoms. The van der Waals surface area contributed by atoms with Gasteiger partial charge >= 0.3 is 37.9 Å². The SMILES string of the molecule is COc1ccc2cc(C3C=CC=Cc4c3cc(C)[c-]4[Si](C)[c-]3c(C)cc4c3C=CC=CC4c3cc4ccc(OC)cc4c4ccccc34)c3ccccc3c2c1.COc1ccc2cc(C3C=CC=Cc4c3cc(C)[c-]4[Si](C)[c-]3c(C)cc4c3C=CC=CC4c3cc4ccc(OC)cc4c4ccccc34)c3ccccc3c2c1.[Cl][Zr][Cl]. The van der Waals surface area contributed by atoms with Gasteiger partial charge in [0.15, 0.2) is 0 Å². The molecule has 0 amide bonds. The fraction of sp³-hybridized carbons (Fsp3) is 0.132. The van der Waals surface area contributed by atoms with Crippen LogP contribution in [0.25, 0.3) is 110 Å². The van der Waals surface area contributed by atoms with Crippen LogP contribution in [0.4, 0.5) is 0 Å². The van der Waals surface area contributed by atoms with Crippen molar-refractivity contribution in [1.82, 2.24) is 0 Å². The molecule has 0 aliphatic heterocycles. The Morgan fingerprint density at radius 3 is 0.678 bits per heavy atom. The Bertz CT molecular complexity index is 6040. The van der Waals surface area contributed by atoms with Crippen molar-refractivity contribution in [1.29, 1.82) is 0 Å². The molecule has 4 aliphatic rings. The Hall–Kier alpha value is -10.9. The summed E-state index contributed by atoms with van der Waals surface area (Å²) < 4.78 is 22.6. The summed E-state index contributed by atoms with van der Waals surface area (Å²) in [4.78, 5) is 0. The predicted molar refractivity (Wildman–Crippen MR) is 493 cm³/mol. The zero-order chi connectivity index (χ0) is 78.9. The zero-order valence-electron chi connectivity index (χ0n) is 66.2. The van der Waals surface area contributed by atoms with Gasteiger partial charge in [-0.2, -0.15) is 68.8 Å². The van der Waals surface area contributed by atoms with Crippen LogP contribution in [0.1, 0.15) is 113 Å². The molecule has 0 fully saturated rings. The maximum atomic E-state index is 5.64. The van der Waals surface area contributed by atoms with Crippen molar-refractivity contribution in [2.24, 2.45) is 0 Å². The molecule has 20 rings (SSSR count). The van der Waals surface area contributed by atoms with Gasteiger partial charge in [0.1, 0.15) is 23.0 Å². The van der Waals surface area contributed by atoms with Crippen molar-refractivity contribution in [2.45, 2.75) is 64.5 Å². The molecule has 4 unspecified atom stereocenters. The van der Waals surface area contributed by atoms with Crippen LogP contribution >= 0.6 is 17.0 Å². The van der Waals surface area contributed by atoms with E-state index in [1.54, 1.807) is 28.4 Å². The van der Waals surface area contributed by atoms with Crippen LogP contribution < -0.4 is 39.7 Å². The average Bonchev–Trinajstić information content (AvgIpc) is 1.72. The van der Waals surface area contributed by atoms with E-state index in [9.17, 15) is 0 Å². The van der Waals surface area contributed by atoms with Crippen LogP contribution in [0, 0.1) is 27.7 Å². The van der Waals surface area contributed by atoms with Gasteiger partial charge in [0, 0.05) is 17.6 Å². The van der Waals surface area contributed by atoms with Gasteiger partial charge < -0.3 is 18.9 Å². The first-order valence-corrected chi connectivity index (χ1v) is 49.8. The van der Waals surface area contributed by atoms with Crippen molar-refractivity contribution in [2.75, 3.05) is 28.4 Å². The van der Waals surface area contributed by atoms with E-state index in [4.69, 9.17) is 36.0 Å². The first-order chi connectivity index (χ1) is 56.3.